The zero-order valence-corrected chi connectivity index (χ0v) is 9.78. The molecule has 0 unspecified atom stereocenters. The summed E-state index contributed by atoms with van der Waals surface area (Å²) in [5.41, 5.74) is 8.79. The fourth-order valence-corrected chi connectivity index (χ4v) is 1.68. The van der Waals surface area contributed by atoms with Crippen LogP contribution in [0.25, 0.3) is 27.0 Å². The maximum Gasteiger partial charge on any atom is 0.343 e. The number of nitrogens with zero attached hydrogens (tertiary/aromatic N) is 4. The van der Waals surface area contributed by atoms with Gasteiger partial charge in [-0.15, -0.1) is 0 Å². The van der Waals surface area contributed by atoms with E-state index in [2.05, 4.69) is 10.0 Å². The van der Waals surface area contributed by atoms with Crippen molar-refractivity contribution in [3.8, 4) is 6.07 Å². The van der Waals surface area contributed by atoms with E-state index in [1.54, 1.807) is 24.3 Å². The molecule has 6 heteroatoms. The van der Waals surface area contributed by atoms with Gasteiger partial charge in [-0.25, -0.2) is 4.79 Å². The number of allylic oxidation sites excluding steroid dienone is 1. The number of hydrogen-bond acceptors (Lipinski definition) is 4. The zero-order chi connectivity index (χ0) is 13.7. The first-order chi connectivity index (χ1) is 9.26. The molecule has 1 heterocycles. The standard InChI is InChI=1S/C13H8N4O2/c14-6-5-10(8-16-17-15)11-7-9-3-1-2-4-12(9)19-13(11)18/h1-5,7H,8H2/b10-5+. The van der Waals surface area contributed by atoms with Gasteiger partial charge < -0.3 is 4.42 Å². The summed E-state index contributed by atoms with van der Waals surface area (Å²) in [6.45, 7) is -0.0762. The summed E-state index contributed by atoms with van der Waals surface area (Å²) in [7, 11) is 0. The Kier molecular flexibility index (Phi) is 3.62. The third-order valence-corrected chi connectivity index (χ3v) is 2.53. The lowest BCUT2D eigenvalue weighted by Crippen LogP contribution is -2.07. The van der Waals surface area contributed by atoms with Gasteiger partial charge in [-0.3, -0.25) is 0 Å². The number of fused-ring (bicyclic) bond motifs is 1. The number of rotatable bonds is 3. The Hall–Kier alpha value is -3.03. The summed E-state index contributed by atoms with van der Waals surface area (Å²) >= 11 is 0. The zero-order valence-electron chi connectivity index (χ0n) is 9.78. The molecule has 1 aromatic heterocycles. The van der Waals surface area contributed by atoms with Crippen LogP contribution in [0.5, 0.6) is 0 Å². The smallest absolute Gasteiger partial charge is 0.343 e. The summed E-state index contributed by atoms with van der Waals surface area (Å²) in [6.07, 6.45) is 1.18. The van der Waals surface area contributed by atoms with Crippen LogP contribution in [0.15, 0.2) is 50.7 Å². The van der Waals surface area contributed by atoms with Crippen molar-refractivity contribution >= 4 is 16.5 Å². The van der Waals surface area contributed by atoms with E-state index in [9.17, 15) is 4.79 Å². The van der Waals surface area contributed by atoms with Gasteiger partial charge in [0, 0.05) is 16.4 Å². The lowest BCUT2D eigenvalue weighted by atomic mass is 10.1. The van der Waals surface area contributed by atoms with Gasteiger partial charge in [0.15, 0.2) is 0 Å². The summed E-state index contributed by atoms with van der Waals surface area (Å²) in [6, 6.07) is 10.5. The fraction of sp³-hybridized carbons (Fsp3) is 0.0769. The van der Waals surface area contributed by atoms with Crippen LogP contribution in [0.3, 0.4) is 0 Å². The Balaban J connectivity index is 2.63. The Morgan fingerprint density at radius 1 is 1.53 bits per heavy atom. The van der Waals surface area contributed by atoms with Gasteiger partial charge in [-0.1, -0.05) is 23.3 Å². The first kappa shape index (κ1) is 12.4. The average Bonchev–Trinajstić information content (AvgIpc) is 2.43. The Labute approximate surface area is 107 Å². The van der Waals surface area contributed by atoms with Crippen molar-refractivity contribution in [3.63, 3.8) is 0 Å². The second-order valence-corrected chi connectivity index (χ2v) is 3.67. The van der Waals surface area contributed by atoms with E-state index in [4.69, 9.17) is 15.2 Å². The van der Waals surface area contributed by atoms with Crippen molar-refractivity contribution in [2.45, 2.75) is 0 Å². The summed E-state index contributed by atoms with van der Waals surface area (Å²) < 4.78 is 5.16. The van der Waals surface area contributed by atoms with Crippen LogP contribution in [0.4, 0.5) is 0 Å². The molecule has 1 aromatic carbocycles. The average molecular weight is 252 g/mol. The highest BCUT2D eigenvalue weighted by molar-refractivity contribution is 5.81. The second-order valence-electron chi connectivity index (χ2n) is 3.67. The van der Waals surface area contributed by atoms with Crippen molar-refractivity contribution in [2.24, 2.45) is 5.11 Å². The molecule has 0 aliphatic carbocycles. The van der Waals surface area contributed by atoms with Crippen molar-refractivity contribution in [1.29, 1.82) is 5.26 Å². The summed E-state index contributed by atoms with van der Waals surface area (Å²) in [5, 5.41) is 12.8. The molecule has 19 heavy (non-hydrogen) atoms. The van der Waals surface area contributed by atoms with Gasteiger partial charge in [0.05, 0.1) is 18.2 Å². The molecule has 0 fully saturated rings. The topological polar surface area (TPSA) is 103 Å². The Morgan fingerprint density at radius 3 is 3.05 bits per heavy atom. The SMILES string of the molecule is N#C/C=C(\CN=[N+]=[N-])c1cc2ccccc2oc1=O. The van der Waals surface area contributed by atoms with Gasteiger partial charge in [0.25, 0.3) is 0 Å². The van der Waals surface area contributed by atoms with E-state index in [1.165, 1.54) is 6.08 Å². The summed E-state index contributed by atoms with van der Waals surface area (Å²) in [4.78, 5) is 14.5. The highest BCUT2D eigenvalue weighted by Crippen LogP contribution is 2.18. The van der Waals surface area contributed by atoms with Crippen molar-refractivity contribution in [1.82, 2.24) is 0 Å². The highest BCUT2D eigenvalue weighted by atomic mass is 16.4. The molecule has 0 aliphatic heterocycles. The highest BCUT2D eigenvalue weighted by Gasteiger charge is 2.09. The van der Waals surface area contributed by atoms with Gasteiger partial charge in [-0.2, -0.15) is 5.26 Å². The maximum absolute atomic E-state index is 11.9. The predicted molar refractivity (Wildman–Crippen MR) is 70.1 cm³/mol. The van der Waals surface area contributed by atoms with Gasteiger partial charge in [0.1, 0.15) is 5.58 Å². The van der Waals surface area contributed by atoms with Crippen LogP contribution in [0.1, 0.15) is 5.56 Å². The van der Waals surface area contributed by atoms with Gasteiger partial charge in [-0.05, 0) is 23.2 Å². The molecule has 2 rings (SSSR count). The van der Waals surface area contributed by atoms with Gasteiger partial charge in [0.2, 0.25) is 0 Å². The molecular formula is C13H8N4O2. The predicted octanol–water partition coefficient (Wildman–Crippen LogP) is 3.01. The minimum Gasteiger partial charge on any atom is -0.422 e. The first-order valence-corrected chi connectivity index (χ1v) is 5.39. The van der Waals surface area contributed by atoms with E-state index in [0.717, 1.165) is 5.39 Å². The second kappa shape index (κ2) is 5.54. The molecule has 0 radical (unpaired) electrons. The molecule has 0 aliphatic rings. The molecule has 0 N–H and O–H groups in total. The molecular weight excluding hydrogens is 244 g/mol. The molecule has 0 amide bonds. The van der Waals surface area contributed by atoms with Crippen LogP contribution >= 0.6 is 0 Å². The molecule has 2 aromatic rings. The van der Waals surface area contributed by atoms with E-state index in [1.807, 2.05) is 12.1 Å². The Morgan fingerprint density at radius 2 is 2.32 bits per heavy atom. The van der Waals surface area contributed by atoms with E-state index in [0.29, 0.717) is 11.2 Å². The molecule has 0 saturated carbocycles. The molecule has 0 bridgehead atoms. The summed E-state index contributed by atoms with van der Waals surface area (Å²) in [5.74, 6) is 0. The minimum absolute atomic E-state index is 0.0762. The third kappa shape index (κ3) is 2.63. The van der Waals surface area contributed by atoms with Crippen molar-refractivity contribution in [3.05, 3.63) is 62.8 Å². The number of hydrogen-bond donors (Lipinski definition) is 0. The maximum atomic E-state index is 11.9. The quantitative estimate of drug-likeness (QED) is 0.275. The minimum atomic E-state index is -0.562. The molecule has 6 nitrogen and oxygen atoms in total. The van der Waals surface area contributed by atoms with Crippen LogP contribution in [-0.2, 0) is 0 Å². The monoisotopic (exact) mass is 252 g/mol. The Bertz CT molecular complexity index is 792. The van der Waals surface area contributed by atoms with E-state index in [-0.39, 0.29) is 12.1 Å². The molecule has 0 atom stereocenters. The fourth-order valence-electron chi connectivity index (χ4n) is 1.68. The molecule has 0 saturated heterocycles. The van der Waals surface area contributed by atoms with Gasteiger partial charge >= 0.3 is 5.63 Å². The normalized spacial score (nSPS) is 10.8. The van der Waals surface area contributed by atoms with Crippen LogP contribution in [-0.4, -0.2) is 6.54 Å². The van der Waals surface area contributed by atoms with Crippen molar-refractivity contribution < 1.29 is 4.42 Å². The van der Waals surface area contributed by atoms with E-state index >= 15 is 0 Å². The lowest BCUT2D eigenvalue weighted by Gasteiger charge is -2.03. The lowest BCUT2D eigenvalue weighted by molar-refractivity contribution is 0.558. The third-order valence-electron chi connectivity index (χ3n) is 2.53. The number of nitriles is 1. The number of azide groups is 1. The largest absolute Gasteiger partial charge is 0.422 e. The van der Waals surface area contributed by atoms with Crippen LogP contribution in [0, 0.1) is 11.3 Å². The van der Waals surface area contributed by atoms with Crippen LogP contribution < -0.4 is 5.63 Å². The van der Waals surface area contributed by atoms with Crippen LogP contribution in [0.2, 0.25) is 0 Å². The molecule has 0 spiro atoms. The van der Waals surface area contributed by atoms with Crippen molar-refractivity contribution in [2.75, 3.05) is 6.54 Å². The first-order valence-electron chi connectivity index (χ1n) is 5.39. The molecule has 92 valence electrons. The number of para-hydroxylation sites is 1. The van der Waals surface area contributed by atoms with E-state index < -0.39 is 5.63 Å². The number of benzene rings is 1.